The molecule has 0 bridgehead atoms. The number of carbonyl (C=O) groups is 1. The van der Waals surface area contributed by atoms with Gasteiger partial charge in [0.1, 0.15) is 18.4 Å². The summed E-state index contributed by atoms with van der Waals surface area (Å²) in [6.07, 6.45) is 0. The van der Waals surface area contributed by atoms with Gasteiger partial charge in [-0.2, -0.15) is 0 Å². The maximum atomic E-state index is 12.3. The number of para-hydroxylation sites is 1. The zero-order valence-corrected chi connectivity index (χ0v) is 15.5. The molecule has 0 spiro atoms. The van der Waals surface area contributed by atoms with Crippen molar-refractivity contribution in [3.8, 4) is 5.75 Å². The molecule has 5 heteroatoms. The summed E-state index contributed by atoms with van der Waals surface area (Å²) in [5.41, 5.74) is 1.69. The van der Waals surface area contributed by atoms with E-state index in [9.17, 15) is 4.79 Å². The van der Waals surface area contributed by atoms with Crippen molar-refractivity contribution in [1.29, 1.82) is 0 Å². The number of aryl methyl sites for hydroxylation is 1. The molecule has 1 aromatic rings. The van der Waals surface area contributed by atoms with Crippen LogP contribution in [0.15, 0.2) is 18.2 Å². The van der Waals surface area contributed by atoms with E-state index in [0.717, 1.165) is 11.3 Å². The summed E-state index contributed by atoms with van der Waals surface area (Å²) in [4.78, 5) is 13.9. The molecule has 1 aromatic carbocycles. The van der Waals surface area contributed by atoms with Gasteiger partial charge < -0.3 is 9.47 Å². The van der Waals surface area contributed by atoms with E-state index in [4.69, 9.17) is 21.1 Å². The molecule has 0 aromatic heterocycles. The van der Waals surface area contributed by atoms with E-state index >= 15 is 0 Å². The Labute approximate surface area is 144 Å². The number of hydrogen-bond acceptors (Lipinski definition) is 3. The number of anilines is 1. The molecular weight excluding hydrogens is 314 g/mol. The van der Waals surface area contributed by atoms with Crippen LogP contribution in [0.2, 0.25) is 0 Å². The summed E-state index contributed by atoms with van der Waals surface area (Å²) in [5, 5.41) is 0. The molecule has 0 aliphatic carbocycles. The van der Waals surface area contributed by atoms with Crippen molar-refractivity contribution in [3.63, 3.8) is 0 Å². The number of carbonyl (C=O) groups excluding carboxylic acids is 1. The van der Waals surface area contributed by atoms with E-state index in [0.29, 0.717) is 30.8 Å². The number of alkyl halides is 1. The molecule has 0 radical (unpaired) electrons. The highest BCUT2D eigenvalue weighted by molar-refractivity contribution is 6.29. The van der Waals surface area contributed by atoms with Gasteiger partial charge in [-0.25, -0.2) is 0 Å². The van der Waals surface area contributed by atoms with Crippen LogP contribution in [-0.4, -0.2) is 31.7 Å². The average Bonchev–Trinajstić information content (AvgIpc) is 2.49. The molecule has 0 fully saturated rings. The summed E-state index contributed by atoms with van der Waals surface area (Å²) >= 11 is 5.78. The monoisotopic (exact) mass is 341 g/mol. The van der Waals surface area contributed by atoms with Crippen LogP contribution in [0.5, 0.6) is 5.75 Å². The number of ether oxygens (including phenoxy) is 2. The maximum absolute atomic E-state index is 12.3. The molecule has 0 unspecified atom stereocenters. The first-order chi connectivity index (χ1) is 10.9. The highest BCUT2D eigenvalue weighted by Crippen LogP contribution is 2.32. The molecule has 0 atom stereocenters. The lowest BCUT2D eigenvalue weighted by atomic mass is 10.1. The second-order valence-corrected chi connectivity index (χ2v) is 6.74. The molecule has 1 amide bonds. The second kappa shape index (κ2) is 9.78. The van der Waals surface area contributed by atoms with E-state index in [1.54, 1.807) is 4.90 Å². The van der Waals surface area contributed by atoms with Crippen molar-refractivity contribution < 1.29 is 14.3 Å². The van der Waals surface area contributed by atoms with Crippen LogP contribution in [0.25, 0.3) is 0 Å². The van der Waals surface area contributed by atoms with Gasteiger partial charge in [0.25, 0.3) is 0 Å². The van der Waals surface area contributed by atoms with E-state index < -0.39 is 0 Å². The van der Waals surface area contributed by atoms with Crippen molar-refractivity contribution in [3.05, 3.63) is 23.8 Å². The van der Waals surface area contributed by atoms with Gasteiger partial charge in [0.2, 0.25) is 5.91 Å². The molecule has 0 aliphatic heterocycles. The normalized spacial score (nSPS) is 11.1. The molecule has 130 valence electrons. The Morgan fingerprint density at radius 2 is 1.83 bits per heavy atom. The first-order valence-corrected chi connectivity index (χ1v) is 8.56. The number of amides is 1. The van der Waals surface area contributed by atoms with Crippen molar-refractivity contribution in [2.75, 3.05) is 30.7 Å². The average molecular weight is 342 g/mol. The summed E-state index contributed by atoms with van der Waals surface area (Å²) in [6.45, 7) is 11.6. The van der Waals surface area contributed by atoms with E-state index in [1.807, 2.05) is 25.1 Å². The lowest BCUT2D eigenvalue weighted by Gasteiger charge is -2.26. The summed E-state index contributed by atoms with van der Waals surface area (Å²) < 4.78 is 11.6. The number of halogens is 1. The Morgan fingerprint density at radius 3 is 2.39 bits per heavy atom. The minimum absolute atomic E-state index is 0.0943. The van der Waals surface area contributed by atoms with Gasteiger partial charge in [-0.05, 0) is 30.4 Å². The van der Waals surface area contributed by atoms with Crippen LogP contribution in [0.4, 0.5) is 5.69 Å². The van der Waals surface area contributed by atoms with Gasteiger partial charge in [-0.15, -0.1) is 11.6 Å². The van der Waals surface area contributed by atoms with Crippen molar-refractivity contribution >= 4 is 23.2 Å². The molecule has 0 saturated carbocycles. The Hall–Kier alpha value is -1.26. The molecule has 23 heavy (non-hydrogen) atoms. The predicted molar refractivity (Wildman–Crippen MR) is 95.4 cm³/mol. The lowest BCUT2D eigenvalue weighted by molar-refractivity contribution is -0.117. The first-order valence-electron chi connectivity index (χ1n) is 8.03. The van der Waals surface area contributed by atoms with Crippen LogP contribution in [0.1, 0.15) is 33.3 Å². The Morgan fingerprint density at radius 1 is 1.17 bits per heavy atom. The largest absolute Gasteiger partial charge is 0.491 e. The molecular formula is C18H28ClNO3. The summed E-state index contributed by atoms with van der Waals surface area (Å²) in [5.74, 6) is 1.20. The number of rotatable bonds is 9. The molecule has 1 rings (SSSR count). The number of nitrogens with zero attached hydrogens (tertiary/aromatic N) is 1. The smallest absolute Gasteiger partial charge is 0.243 e. The van der Waals surface area contributed by atoms with Crippen LogP contribution in [0, 0.1) is 18.8 Å². The fourth-order valence-electron chi connectivity index (χ4n) is 2.06. The predicted octanol–water partition coefficient (Wildman–Crippen LogP) is 4.23. The van der Waals surface area contributed by atoms with Crippen LogP contribution >= 0.6 is 11.6 Å². The van der Waals surface area contributed by atoms with Gasteiger partial charge in [0.05, 0.1) is 18.9 Å². The molecule has 0 N–H and O–H groups in total. The minimum atomic E-state index is -0.195. The topological polar surface area (TPSA) is 38.8 Å². The van der Waals surface area contributed by atoms with Gasteiger partial charge >= 0.3 is 0 Å². The van der Waals surface area contributed by atoms with Gasteiger partial charge in [-0.3, -0.25) is 9.69 Å². The minimum Gasteiger partial charge on any atom is -0.491 e. The van der Waals surface area contributed by atoms with E-state index in [2.05, 4.69) is 27.7 Å². The summed E-state index contributed by atoms with van der Waals surface area (Å²) in [7, 11) is 0. The van der Waals surface area contributed by atoms with Gasteiger partial charge in [-0.1, -0.05) is 39.8 Å². The Balaban J connectivity index is 3.05. The lowest BCUT2D eigenvalue weighted by Crippen LogP contribution is -2.35. The fraction of sp³-hybridized carbons (Fsp3) is 0.611. The van der Waals surface area contributed by atoms with E-state index in [-0.39, 0.29) is 18.5 Å². The highest BCUT2D eigenvalue weighted by Gasteiger charge is 2.21. The summed E-state index contributed by atoms with van der Waals surface area (Å²) in [6, 6.07) is 5.75. The zero-order valence-electron chi connectivity index (χ0n) is 14.8. The Kier molecular flexibility index (Phi) is 8.42. The first kappa shape index (κ1) is 19.8. The van der Waals surface area contributed by atoms with Crippen LogP contribution < -0.4 is 9.64 Å². The fourth-order valence-corrected chi connectivity index (χ4v) is 2.21. The highest BCUT2D eigenvalue weighted by atomic mass is 35.5. The number of benzene rings is 1. The van der Waals surface area contributed by atoms with Crippen molar-refractivity contribution in [2.45, 2.75) is 34.6 Å². The zero-order chi connectivity index (χ0) is 17.4. The third kappa shape index (κ3) is 6.40. The molecule has 0 aliphatic rings. The Bertz CT molecular complexity index is 503. The van der Waals surface area contributed by atoms with Crippen molar-refractivity contribution in [2.24, 2.45) is 11.8 Å². The second-order valence-electron chi connectivity index (χ2n) is 6.48. The third-order valence-corrected chi connectivity index (χ3v) is 3.36. The third-order valence-electron chi connectivity index (χ3n) is 3.13. The van der Waals surface area contributed by atoms with Crippen LogP contribution in [0.3, 0.4) is 0 Å². The maximum Gasteiger partial charge on any atom is 0.243 e. The number of hydrogen-bond donors (Lipinski definition) is 0. The quantitative estimate of drug-likeness (QED) is 0.498. The molecule has 0 saturated heterocycles. The standard InChI is InChI=1S/C18H28ClNO3/c1-13(2)10-22-12-20(17(21)9-19)18-15(5)7-6-8-16(18)23-11-14(3)4/h6-8,13-14H,9-12H2,1-5H3. The molecule has 4 nitrogen and oxygen atoms in total. The molecule has 0 heterocycles. The van der Waals surface area contributed by atoms with Crippen molar-refractivity contribution in [1.82, 2.24) is 0 Å². The SMILES string of the molecule is Cc1cccc(OCC(C)C)c1N(COCC(C)C)C(=O)CCl. The van der Waals surface area contributed by atoms with Gasteiger partial charge in [0.15, 0.2) is 0 Å². The van der Waals surface area contributed by atoms with Gasteiger partial charge in [0, 0.05) is 0 Å². The van der Waals surface area contributed by atoms with Crippen LogP contribution in [-0.2, 0) is 9.53 Å². The van der Waals surface area contributed by atoms with E-state index in [1.165, 1.54) is 0 Å².